The Morgan fingerprint density at radius 3 is 2.48 bits per heavy atom. The standard InChI is InChI=1S/C17H17N3O2S/c1-12-3-7-14(8-4-12)18-11-20-17(23)22-16(19-20)13-5-9-15(21-2)10-6-13/h3-10,18H,11H2,1-2H3. The number of ether oxygens (including phenoxy) is 1. The van der Waals surface area contributed by atoms with Crippen LogP contribution in [-0.4, -0.2) is 16.9 Å². The zero-order valence-corrected chi connectivity index (χ0v) is 13.8. The molecule has 118 valence electrons. The Bertz CT molecular complexity index is 836. The molecule has 1 heterocycles. The predicted octanol–water partition coefficient (Wildman–Crippen LogP) is 4.26. The molecule has 1 aromatic heterocycles. The average molecular weight is 327 g/mol. The molecule has 0 unspecified atom stereocenters. The highest BCUT2D eigenvalue weighted by atomic mass is 32.1. The second-order valence-corrected chi connectivity index (χ2v) is 5.45. The van der Waals surface area contributed by atoms with Crippen molar-refractivity contribution in [3.05, 3.63) is 58.9 Å². The van der Waals surface area contributed by atoms with Gasteiger partial charge in [-0.1, -0.05) is 17.7 Å². The maximum Gasteiger partial charge on any atom is 0.289 e. The van der Waals surface area contributed by atoms with Crippen LogP contribution in [-0.2, 0) is 6.67 Å². The molecule has 0 bridgehead atoms. The third-order valence-electron chi connectivity index (χ3n) is 3.43. The fourth-order valence-electron chi connectivity index (χ4n) is 2.09. The molecule has 0 spiro atoms. The molecule has 0 saturated carbocycles. The molecule has 23 heavy (non-hydrogen) atoms. The normalized spacial score (nSPS) is 10.5. The predicted molar refractivity (Wildman–Crippen MR) is 92.1 cm³/mol. The molecule has 3 rings (SSSR count). The van der Waals surface area contributed by atoms with E-state index >= 15 is 0 Å². The van der Waals surface area contributed by atoms with E-state index in [4.69, 9.17) is 21.4 Å². The van der Waals surface area contributed by atoms with Crippen molar-refractivity contribution in [2.45, 2.75) is 13.6 Å². The number of hydrogen-bond donors (Lipinski definition) is 1. The third kappa shape index (κ3) is 3.60. The quantitative estimate of drug-likeness (QED) is 0.710. The van der Waals surface area contributed by atoms with Crippen LogP contribution < -0.4 is 10.1 Å². The number of hydrogen-bond acceptors (Lipinski definition) is 5. The fraction of sp³-hybridized carbons (Fsp3) is 0.176. The first-order valence-corrected chi connectivity index (χ1v) is 7.59. The summed E-state index contributed by atoms with van der Waals surface area (Å²) in [4.78, 5) is 0.329. The number of methoxy groups -OCH3 is 1. The summed E-state index contributed by atoms with van der Waals surface area (Å²) < 4.78 is 12.3. The highest BCUT2D eigenvalue weighted by Gasteiger charge is 2.08. The van der Waals surface area contributed by atoms with Crippen LogP contribution in [0.5, 0.6) is 5.75 Å². The summed E-state index contributed by atoms with van der Waals surface area (Å²) in [5, 5.41) is 7.68. The van der Waals surface area contributed by atoms with E-state index in [9.17, 15) is 0 Å². The highest BCUT2D eigenvalue weighted by molar-refractivity contribution is 7.71. The summed E-state index contributed by atoms with van der Waals surface area (Å²) in [7, 11) is 1.63. The average Bonchev–Trinajstić information content (AvgIpc) is 2.95. The molecule has 0 aliphatic rings. The van der Waals surface area contributed by atoms with Crippen LogP contribution >= 0.6 is 12.2 Å². The first kappa shape index (κ1) is 15.3. The van der Waals surface area contributed by atoms with Gasteiger partial charge in [0.15, 0.2) is 0 Å². The van der Waals surface area contributed by atoms with Gasteiger partial charge in [0.1, 0.15) is 12.4 Å². The maximum absolute atomic E-state index is 5.57. The zero-order valence-electron chi connectivity index (χ0n) is 12.9. The molecule has 0 aliphatic carbocycles. The topological polar surface area (TPSA) is 52.2 Å². The molecule has 3 aromatic rings. The zero-order chi connectivity index (χ0) is 16.2. The Kier molecular flexibility index (Phi) is 4.43. The van der Waals surface area contributed by atoms with E-state index in [1.807, 2.05) is 48.5 Å². The number of nitrogens with one attached hydrogen (secondary N) is 1. The Balaban J connectivity index is 1.75. The Labute approximate surface area is 139 Å². The van der Waals surface area contributed by atoms with Crippen molar-refractivity contribution in [1.29, 1.82) is 0 Å². The molecule has 0 atom stereocenters. The molecule has 0 aliphatic heterocycles. The molecule has 0 amide bonds. The molecule has 0 saturated heterocycles. The molecular formula is C17H17N3O2S. The minimum atomic E-state index is 0.329. The van der Waals surface area contributed by atoms with Crippen molar-refractivity contribution < 1.29 is 9.15 Å². The molecule has 0 fully saturated rings. The van der Waals surface area contributed by atoms with E-state index in [0.717, 1.165) is 17.0 Å². The number of aromatic nitrogens is 2. The van der Waals surface area contributed by atoms with Crippen LogP contribution in [0.4, 0.5) is 5.69 Å². The molecule has 2 aromatic carbocycles. The van der Waals surface area contributed by atoms with Gasteiger partial charge in [0.2, 0.25) is 5.89 Å². The summed E-state index contributed by atoms with van der Waals surface area (Å²) in [5.41, 5.74) is 3.08. The van der Waals surface area contributed by atoms with Gasteiger partial charge in [-0.15, -0.1) is 5.10 Å². The van der Waals surface area contributed by atoms with Gasteiger partial charge in [-0.25, -0.2) is 4.68 Å². The lowest BCUT2D eigenvalue weighted by atomic mass is 10.2. The van der Waals surface area contributed by atoms with Crippen LogP contribution in [0.1, 0.15) is 5.56 Å². The Morgan fingerprint density at radius 1 is 1.13 bits per heavy atom. The monoisotopic (exact) mass is 327 g/mol. The van der Waals surface area contributed by atoms with E-state index in [2.05, 4.69) is 17.3 Å². The van der Waals surface area contributed by atoms with Crippen LogP contribution in [0.15, 0.2) is 52.9 Å². The van der Waals surface area contributed by atoms with Crippen LogP contribution in [0.25, 0.3) is 11.5 Å². The first-order chi connectivity index (χ1) is 11.2. The Hall–Kier alpha value is -2.60. The first-order valence-electron chi connectivity index (χ1n) is 7.18. The lowest BCUT2D eigenvalue weighted by Crippen LogP contribution is -2.09. The summed E-state index contributed by atoms with van der Waals surface area (Å²) in [6, 6.07) is 15.6. The Morgan fingerprint density at radius 2 is 1.83 bits per heavy atom. The SMILES string of the molecule is COc1ccc(-c2nn(CNc3ccc(C)cc3)c(=S)o2)cc1. The van der Waals surface area contributed by atoms with Gasteiger partial charge >= 0.3 is 0 Å². The van der Waals surface area contributed by atoms with Crippen molar-refractivity contribution in [3.63, 3.8) is 0 Å². The molecular weight excluding hydrogens is 310 g/mol. The molecule has 1 N–H and O–H groups in total. The van der Waals surface area contributed by atoms with Gasteiger partial charge in [-0.05, 0) is 55.5 Å². The van der Waals surface area contributed by atoms with Crippen molar-refractivity contribution in [1.82, 2.24) is 9.78 Å². The van der Waals surface area contributed by atoms with Gasteiger partial charge < -0.3 is 14.5 Å². The summed E-state index contributed by atoms with van der Waals surface area (Å²) >= 11 is 5.23. The van der Waals surface area contributed by atoms with E-state index in [-0.39, 0.29) is 0 Å². The minimum Gasteiger partial charge on any atom is -0.497 e. The van der Waals surface area contributed by atoms with Gasteiger partial charge in [-0.2, -0.15) is 0 Å². The highest BCUT2D eigenvalue weighted by Crippen LogP contribution is 2.21. The number of aryl methyl sites for hydroxylation is 1. The summed E-state index contributed by atoms with van der Waals surface area (Å²) in [6.45, 7) is 2.50. The van der Waals surface area contributed by atoms with Crippen molar-refractivity contribution in [3.8, 4) is 17.2 Å². The van der Waals surface area contributed by atoms with Crippen molar-refractivity contribution >= 4 is 17.9 Å². The van der Waals surface area contributed by atoms with Crippen molar-refractivity contribution in [2.75, 3.05) is 12.4 Å². The number of anilines is 1. The van der Waals surface area contributed by atoms with E-state index in [1.165, 1.54) is 5.56 Å². The lowest BCUT2D eigenvalue weighted by molar-refractivity contribution is 0.415. The second-order valence-electron chi connectivity index (χ2n) is 5.10. The largest absolute Gasteiger partial charge is 0.497 e. The van der Waals surface area contributed by atoms with Gasteiger partial charge in [0.05, 0.1) is 7.11 Å². The van der Waals surface area contributed by atoms with Crippen LogP contribution in [0.2, 0.25) is 0 Å². The van der Waals surface area contributed by atoms with E-state index in [1.54, 1.807) is 11.8 Å². The minimum absolute atomic E-state index is 0.329. The summed E-state index contributed by atoms with van der Waals surface area (Å²) in [5.74, 6) is 1.27. The smallest absolute Gasteiger partial charge is 0.289 e. The van der Waals surface area contributed by atoms with E-state index in [0.29, 0.717) is 17.4 Å². The lowest BCUT2D eigenvalue weighted by Gasteiger charge is -2.05. The van der Waals surface area contributed by atoms with E-state index < -0.39 is 0 Å². The number of benzene rings is 2. The van der Waals surface area contributed by atoms with Gasteiger partial charge in [0.25, 0.3) is 4.84 Å². The number of rotatable bonds is 5. The fourth-order valence-corrected chi connectivity index (χ4v) is 2.28. The van der Waals surface area contributed by atoms with Gasteiger partial charge in [-0.3, -0.25) is 0 Å². The molecule has 6 heteroatoms. The number of nitrogens with zero attached hydrogens (tertiary/aromatic N) is 2. The summed E-state index contributed by atoms with van der Waals surface area (Å²) in [6.07, 6.45) is 0. The van der Waals surface area contributed by atoms with Gasteiger partial charge in [0, 0.05) is 11.3 Å². The van der Waals surface area contributed by atoms with Crippen molar-refractivity contribution in [2.24, 2.45) is 0 Å². The van der Waals surface area contributed by atoms with Crippen LogP contribution in [0, 0.1) is 11.8 Å². The molecule has 0 radical (unpaired) electrons. The van der Waals surface area contributed by atoms with Crippen LogP contribution in [0.3, 0.4) is 0 Å². The third-order valence-corrected chi connectivity index (χ3v) is 3.72. The second kappa shape index (κ2) is 6.66. The molecule has 5 nitrogen and oxygen atoms in total. The maximum atomic E-state index is 5.57.